The van der Waals surface area contributed by atoms with Crippen molar-refractivity contribution in [3.63, 3.8) is 0 Å². The molecule has 1 heterocycles. The second-order valence-electron chi connectivity index (χ2n) is 9.43. The Morgan fingerprint density at radius 3 is 2.25 bits per heavy atom. The first kappa shape index (κ1) is 25.3. The van der Waals surface area contributed by atoms with Crippen LogP contribution in [0.25, 0.3) is 11.0 Å². The molecule has 0 bridgehead atoms. The summed E-state index contributed by atoms with van der Waals surface area (Å²) in [7, 11) is 0. The van der Waals surface area contributed by atoms with Crippen molar-refractivity contribution in [3.8, 4) is 11.5 Å². The molecule has 6 heteroatoms. The van der Waals surface area contributed by atoms with Gasteiger partial charge in [-0.05, 0) is 87.6 Å². The van der Waals surface area contributed by atoms with E-state index in [1.807, 2.05) is 57.2 Å². The number of rotatable bonds is 10. The van der Waals surface area contributed by atoms with Crippen LogP contribution in [0.4, 0.5) is 0 Å². The lowest BCUT2D eigenvalue weighted by atomic mass is 10.1. The largest absolute Gasteiger partial charge is 0.493 e. The Hall–Kier alpha value is -3.80. The molecule has 0 spiro atoms. The lowest BCUT2D eigenvalue weighted by Gasteiger charge is -2.17. The number of para-hydroxylation sites is 2. The van der Waals surface area contributed by atoms with Crippen molar-refractivity contribution in [2.75, 3.05) is 13.2 Å². The lowest BCUT2D eigenvalue weighted by Crippen LogP contribution is -2.32. The molecule has 36 heavy (non-hydrogen) atoms. The third-order valence-electron chi connectivity index (χ3n) is 6.28. The van der Waals surface area contributed by atoms with Gasteiger partial charge in [-0.2, -0.15) is 0 Å². The average molecular weight is 486 g/mol. The molecule has 3 aromatic carbocycles. The molecule has 6 nitrogen and oxygen atoms in total. The van der Waals surface area contributed by atoms with E-state index in [1.165, 1.54) is 5.56 Å². The summed E-state index contributed by atoms with van der Waals surface area (Å²) in [6, 6.07) is 20.0. The Morgan fingerprint density at radius 2 is 1.56 bits per heavy atom. The molecule has 0 saturated heterocycles. The van der Waals surface area contributed by atoms with E-state index in [2.05, 4.69) is 48.0 Å². The van der Waals surface area contributed by atoms with Crippen molar-refractivity contribution in [2.24, 2.45) is 0 Å². The minimum Gasteiger partial charge on any atom is -0.493 e. The summed E-state index contributed by atoms with van der Waals surface area (Å²) in [4.78, 5) is 17.5. The topological polar surface area (TPSA) is 65.4 Å². The van der Waals surface area contributed by atoms with E-state index >= 15 is 0 Å². The van der Waals surface area contributed by atoms with E-state index in [1.54, 1.807) is 0 Å². The summed E-state index contributed by atoms with van der Waals surface area (Å²) >= 11 is 0. The number of nitrogens with zero attached hydrogens (tertiary/aromatic N) is 2. The number of amides is 1. The smallest absolute Gasteiger partial charge is 0.258 e. The molecular weight excluding hydrogens is 450 g/mol. The first-order valence-electron chi connectivity index (χ1n) is 12.5. The molecule has 0 aliphatic carbocycles. The molecule has 0 fully saturated rings. The van der Waals surface area contributed by atoms with Crippen LogP contribution in [0, 0.1) is 27.7 Å². The van der Waals surface area contributed by atoms with E-state index in [0.717, 1.165) is 58.0 Å². The van der Waals surface area contributed by atoms with E-state index in [9.17, 15) is 4.79 Å². The van der Waals surface area contributed by atoms with Crippen molar-refractivity contribution in [3.05, 3.63) is 88.7 Å². The molecule has 0 saturated carbocycles. The lowest BCUT2D eigenvalue weighted by molar-refractivity contribution is -0.123. The van der Waals surface area contributed by atoms with Crippen LogP contribution in [-0.4, -0.2) is 28.7 Å². The predicted molar refractivity (Wildman–Crippen MR) is 144 cm³/mol. The number of imidazole rings is 1. The van der Waals surface area contributed by atoms with Crippen molar-refractivity contribution in [2.45, 2.75) is 53.6 Å². The van der Waals surface area contributed by atoms with E-state index < -0.39 is 0 Å². The SMILES string of the molecule is Cc1ccc(C)c(OCCCn2c(C(C)NC(=O)COc3cc(C)ccc3C)nc3ccccc32)c1. The number of hydrogen-bond acceptors (Lipinski definition) is 4. The van der Waals surface area contributed by atoms with Gasteiger partial charge in [-0.25, -0.2) is 4.98 Å². The molecule has 1 unspecified atom stereocenters. The second-order valence-corrected chi connectivity index (χ2v) is 9.43. The maximum atomic E-state index is 12.7. The highest BCUT2D eigenvalue weighted by Crippen LogP contribution is 2.23. The van der Waals surface area contributed by atoms with Crippen LogP contribution in [0.1, 0.15) is 47.5 Å². The van der Waals surface area contributed by atoms with E-state index in [-0.39, 0.29) is 18.6 Å². The summed E-state index contributed by atoms with van der Waals surface area (Å²) in [5, 5.41) is 3.05. The molecule has 188 valence electrons. The highest BCUT2D eigenvalue weighted by atomic mass is 16.5. The number of aromatic nitrogens is 2. The van der Waals surface area contributed by atoms with Crippen LogP contribution in [0.15, 0.2) is 60.7 Å². The zero-order valence-corrected chi connectivity index (χ0v) is 21.8. The van der Waals surface area contributed by atoms with Crippen molar-refractivity contribution in [1.82, 2.24) is 14.9 Å². The normalized spacial score (nSPS) is 11.9. The molecular formula is C30H35N3O3. The predicted octanol–water partition coefficient (Wildman–Crippen LogP) is 6.00. The number of carbonyl (C=O) groups is 1. The number of fused-ring (bicyclic) bond motifs is 1. The number of benzene rings is 3. The zero-order valence-electron chi connectivity index (χ0n) is 21.8. The Bertz CT molecular complexity index is 1360. The van der Waals surface area contributed by atoms with Gasteiger partial charge in [0.1, 0.15) is 17.3 Å². The summed E-state index contributed by atoms with van der Waals surface area (Å²) in [5.41, 5.74) is 6.38. The summed E-state index contributed by atoms with van der Waals surface area (Å²) in [5.74, 6) is 2.30. The third-order valence-corrected chi connectivity index (χ3v) is 6.28. The Balaban J connectivity index is 1.41. The molecule has 0 aliphatic heterocycles. The highest BCUT2D eigenvalue weighted by molar-refractivity contribution is 5.79. The van der Waals surface area contributed by atoms with E-state index in [0.29, 0.717) is 6.61 Å². The standard InChI is InChI=1S/C30H35N3O3/c1-20-11-13-22(3)27(17-20)35-16-8-15-33-26-10-7-6-9-25(26)32-30(33)24(5)31-29(34)19-36-28-18-21(2)12-14-23(28)4/h6-7,9-14,17-18,24H,8,15-16,19H2,1-5H3,(H,31,34). The number of carbonyl (C=O) groups excluding carboxylic acids is 1. The molecule has 1 atom stereocenters. The zero-order chi connectivity index (χ0) is 25.7. The van der Waals surface area contributed by atoms with Gasteiger partial charge in [-0.15, -0.1) is 0 Å². The monoisotopic (exact) mass is 485 g/mol. The van der Waals surface area contributed by atoms with Crippen LogP contribution in [0.2, 0.25) is 0 Å². The first-order chi connectivity index (χ1) is 17.3. The highest BCUT2D eigenvalue weighted by Gasteiger charge is 2.19. The fourth-order valence-corrected chi connectivity index (χ4v) is 4.28. The number of aryl methyl sites for hydroxylation is 5. The fourth-order valence-electron chi connectivity index (χ4n) is 4.28. The molecule has 1 N–H and O–H groups in total. The molecule has 0 aliphatic rings. The Labute approximate surface area is 213 Å². The third kappa shape index (κ3) is 6.06. The van der Waals surface area contributed by atoms with Gasteiger partial charge in [0.15, 0.2) is 6.61 Å². The van der Waals surface area contributed by atoms with Gasteiger partial charge >= 0.3 is 0 Å². The molecule has 0 radical (unpaired) electrons. The van der Waals surface area contributed by atoms with Crippen LogP contribution in [0.5, 0.6) is 11.5 Å². The van der Waals surface area contributed by atoms with Gasteiger partial charge in [0.2, 0.25) is 0 Å². The first-order valence-corrected chi connectivity index (χ1v) is 12.5. The Kier molecular flexibility index (Phi) is 7.93. The van der Waals surface area contributed by atoms with Crippen molar-refractivity contribution >= 4 is 16.9 Å². The molecule has 1 aromatic heterocycles. The summed E-state index contributed by atoms with van der Waals surface area (Å²) in [6.07, 6.45) is 0.817. The van der Waals surface area contributed by atoms with Crippen LogP contribution >= 0.6 is 0 Å². The number of ether oxygens (including phenoxy) is 2. The fraction of sp³-hybridized carbons (Fsp3) is 0.333. The van der Waals surface area contributed by atoms with Crippen LogP contribution in [-0.2, 0) is 11.3 Å². The number of nitrogens with one attached hydrogen (secondary N) is 1. The maximum Gasteiger partial charge on any atom is 0.258 e. The van der Waals surface area contributed by atoms with Gasteiger partial charge in [-0.1, -0.05) is 36.4 Å². The average Bonchev–Trinajstić information content (AvgIpc) is 3.23. The van der Waals surface area contributed by atoms with Crippen LogP contribution in [0.3, 0.4) is 0 Å². The van der Waals surface area contributed by atoms with Crippen molar-refractivity contribution < 1.29 is 14.3 Å². The summed E-state index contributed by atoms with van der Waals surface area (Å²) in [6.45, 7) is 11.4. The van der Waals surface area contributed by atoms with E-state index in [4.69, 9.17) is 14.5 Å². The van der Waals surface area contributed by atoms with Gasteiger partial charge < -0.3 is 19.4 Å². The number of hydrogen-bond donors (Lipinski definition) is 1. The minimum absolute atomic E-state index is 0.0431. The van der Waals surface area contributed by atoms with Crippen molar-refractivity contribution in [1.29, 1.82) is 0 Å². The molecule has 1 amide bonds. The summed E-state index contributed by atoms with van der Waals surface area (Å²) < 4.78 is 14.0. The van der Waals surface area contributed by atoms with Gasteiger partial charge in [0.25, 0.3) is 5.91 Å². The van der Waals surface area contributed by atoms with Crippen LogP contribution < -0.4 is 14.8 Å². The molecule has 4 aromatic rings. The maximum absolute atomic E-state index is 12.7. The van der Waals surface area contributed by atoms with Gasteiger partial charge in [0, 0.05) is 6.54 Å². The second kappa shape index (κ2) is 11.3. The minimum atomic E-state index is -0.271. The van der Waals surface area contributed by atoms with Gasteiger partial charge in [-0.3, -0.25) is 4.79 Å². The quantitative estimate of drug-likeness (QED) is 0.280. The Morgan fingerprint density at radius 1 is 0.917 bits per heavy atom. The molecule has 4 rings (SSSR count). The van der Waals surface area contributed by atoms with Gasteiger partial charge in [0.05, 0.1) is 23.7 Å².